The molecular formula is C42H58N8O10. The summed E-state index contributed by atoms with van der Waals surface area (Å²) in [6.45, 7) is 12.0. The largest absolute Gasteiger partial charge is 0.424 e. The molecule has 0 saturated heterocycles. The van der Waals surface area contributed by atoms with Crippen LogP contribution in [-0.4, -0.2) is 154 Å². The van der Waals surface area contributed by atoms with Gasteiger partial charge in [0.1, 0.15) is 17.5 Å². The molecule has 326 valence electrons. The van der Waals surface area contributed by atoms with Crippen molar-refractivity contribution in [1.29, 1.82) is 0 Å². The van der Waals surface area contributed by atoms with E-state index in [4.69, 9.17) is 58.9 Å². The van der Waals surface area contributed by atoms with Crippen LogP contribution in [0.25, 0.3) is 33.4 Å². The Bertz CT molecular complexity index is 2060. The number of aryl methyl sites for hydroxylation is 1. The van der Waals surface area contributed by atoms with Crippen LogP contribution < -0.4 is 11.5 Å². The molecule has 0 saturated carbocycles. The standard InChI is InChI=1S/C42H58N8O10/c1-31-39-40(34-4-5-37-36(27-34)47-42(44)60-37)48-50(41(39)46-30-45-31)28-32-2-3-35-29-49(9-6-33(35)26-32)38(51)7-10-52-12-14-54-16-18-56-20-22-58-24-25-59-23-21-57-19-17-55-15-13-53-11-8-43/h2-5,26-27,30H,6-25,28-29,43H2,1H3,(H2,44,47). The Labute approximate surface area is 349 Å². The van der Waals surface area contributed by atoms with Crippen molar-refractivity contribution in [2.75, 3.05) is 125 Å². The van der Waals surface area contributed by atoms with Gasteiger partial charge in [0.25, 0.3) is 6.01 Å². The molecule has 4 N–H and O–H groups in total. The van der Waals surface area contributed by atoms with E-state index in [1.807, 2.05) is 34.7 Å². The van der Waals surface area contributed by atoms with Crippen LogP contribution in [0.2, 0.25) is 0 Å². The monoisotopic (exact) mass is 834 g/mol. The quantitative estimate of drug-likeness (QED) is 0.0663. The molecule has 1 amide bonds. The van der Waals surface area contributed by atoms with Gasteiger partial charge in [0.15, 0.2) is 11.2 Å². The van der Waals surface area contributed by atoms with E-state index in [0.717, 1.165) is 45.5 Å². The number of fused-ring (bicyclic) bond motifs is 3. The summed E-state index contributed by atoms with van der Waals surface area (Å²) < 4.78 is 51.2. The number of anilines is 1. The van der Waals surface area contributed by atoms with Gasteiger partial charge in [0, 0.05) is 25.2 Å². The molecule has 5 aromatic rings. The van der Waals surface area contributed by atoms with Gasteiger partial charge in [-0.05, 0) is 48.2 Å². The number of ether oxygens (including phenoxy) is 8. The fourth-order valence-corrected chi connectivity index (χ4v) is 6.69. The van der Waals surface area contributed by atoms with E-state index in [1.165, 1.54) is 5.56 Å². The molecule has 2 aromatic carbocycles. The van der Waals surface area contributed by atoms with Gasteiger partial charge in [-0.15, -0.1) is 0 Å². The zero-order valence-corrected chi connectivity index (χ0v) is 34.5. The lowest BCUT2D eigenvalue weighted by atomic mass is 9.97. The summed E-state index contributed by atoms with van der Waals surface area (Å²) in [6, 6.07) is 12.3. The Morgan fingerprint density at radius 2 is 1.33 bits per heavy atom. The molecule has 0 radical (unpaired) electrons. The number of carbonyl (C=O) groups excluding carboxylic acids is 1. The molecule has 1 aliphatic rings. The Kier molecular flexibility index (Phi) is 18.4. The maximum atomic E-state index is 13.0. The highest BCUT2D eigenvalue weighted by Crippen LogP contribution is 2.32. The number of rotatable bonds is 29. The summed E-state index contributed by atoms with van der Waals surface area (Å²) in [6.07, 6.45) is 2.67. The summed E-state index contributed by atoms with van der Waals surface area (Å²) >= 11 is 0. The van der Waals surface area contributed by atoms with Crippen molar-refractivity contribution in [2.24, 2.45) is 5.73 Å². The summed E-state index contributed by atoms with van der Waals surface area (Å²) in [4.78, 5) is 28.3. The fraction of sp³-hybridized carbons (Fsp3) is 0.548. The maximum Gasteiger partial charge on any atom is 0.292 e. The summed E-state index contributed by atoms with van der Waals surface area (Å²) in [7, 11) is 0. The molecule has 3 aromatic heterocycles. The third-order valence-corrected chi connectivity index (χ3v) is 9.69. The van der Waals surface area contributed by atoms with E-state index in [0.29, 0.717) is 149 Å². The number of benzene rings is 2. The minimum Gasteiger partial charge on any atom is -0.424 e. The fourth-order valence-electron chi connectivity index (χ4n) is 6.69. The van der Waals surface area contributed by atoms with Crippen LogP contribution in [0.1, 0.15) is 28.8 Å². The number of nitrogens with two attached hydrogens (primary N) is 2. The number of nitrogens with zero attached hydrogens (tertiary/aromatic N) is 6. The van der Waals surface area contributed by atoms with Gasteiger partial charge in [-0.3, -0.25) is 4.79 Å². The number of aromatic nitrogens is 5. The summed E-state index contributed by atoms with van der Waals surface area (Å²) in [5.41, 5.74) is 19.1. The topological polar surface area (TPSA) is 216 Å². The Hall–Kier alpha value is -4.63. The second-order valence-corrected chi connectivity index (χ2v) is 14.0. The number of oxazole rings is 1. The van der Waals surface area contributed by atoms with Gasteiger partial charge in [0.2, 0.25) is 5.91 Å². The molecule has 0 fully saturated rings. The third-order valence-electron chi connectivity index (χ3n) is 9.69. The molecule has 0 spiro atoms. The SMILES string of the molecule is Cc1ncnc2c1c(-c1ccc3oc(N)nc3c1)nn2Cc1ccc2c(c1)CCN(C(=O)CCOCCOCCOCCOCCOCCOCCOCCOCCN)C2. The second kappa shape index (κ2) is 24.6. The minimum absolute atomic E-state index is 0.0809. The third kappa shape index (κ3) is 13.7. The molecule has 18 nitrogen and oxygen atoms in total. The number of nitrogen functional groups attached to an aromatic ring is 1. The van der Waals surface area contributed by atoms with Crippen molar-refractivity contribution in [2.45, 2.75) is 32.9 Å². The molecule has 0 bridgehead atoms. The average molecular weight is 835 g/mol. The first kappa shape index (κ1) is 44.9. The molecule has 0 atom stereocenters. The second-order valence-electron chi connectivity index (χ2n) is 14.0. The first-order valence-electron chi connectivity index (χ1n) is 20.5. The van der Waals surface area contributed by atoms with E-state index < -0.39 is 0 Å². The molecular weight excluding hydrogens is 777 g/mol. The molecule has 0 aliphatic carbocycles. The molecule has 6 rings (SSSR count). The van der Waals surface area contributed by atoms with Crippen LogP contribution >= 0.6 is 0 Å². The van der Waals surface area contributed by atoms with Crippen molar-refractivity contribution in [3.8, 4) is 11.3 Å². The van der Waals surface area contributed by atoms with Crippen LogP contribution in [0.3, 0.4) is 0 Å². The average Bonchev–Trinajstić information content (AvgIpc) is 3.82. The van der Waals surface area contributed by atoms with Crippen LogP contribution in [0, 0.1) is 6.92 Å². The van der Waals surface area contributed by atoms with E-state index in [2.05, 4.69) is 33.2 Å². The van der Waals surface area contributed by atoms with Gasteiger partial charge in [0.05, 0.1) is 130 Å². The minimum atomic E-state index is 0.0809. The van der Waals surface area contributed by atoms with E-state index in [9.17, 15) is 4.79 Å². The first-order chi connectivity index (χ1) is 29.5. The lowest BCUT2D eigenvalue weighted by molar-refractivity contribution is -0.133. The lowest BCUT2D eigenvalue weighted by Crippen LogP contribution is -2.36. The normalized spacial score (nSPS) is 12.9. The van der Waals surface area contributed by atoms with Crippen molar-refractivity contribution in [1.82, 2.24) is 29.6 Å². The summed E-state index contributed by atoms with van der Waals surface area (Å²) in [5.74, 6) is 0.0809. The van der Waals surface area contributed by atoms with E-state index >= 15 is 0 Å². The van der Waals surface area contributed by atoms with Crippen LogP contribution in [-0.2, 0) is 62.2 Å². The highest BCUT2D eigenvalue weighted by molar-refractivity contribution is 5.95. The number of carbonyl (C=O) groups is 1. The smallest absolute Gasteiger partial charge is 0.292 e. The Balaban J connectivity index is 0.789. The van der Waals surface area contributed by atoms with Crippen molar-refractivity contribution in [3.05, 3.63) is 65.1 Å². The Morgan fingerprint density at radius 3 is 1.95 bits per heavy atom. The van der Waals surface area contributed by atoms with Crippen LogP contribution in [0.5, 0.6) is 0 Å². The lowest BCUT2D eigenvalue weighted by Gasteiger charge is -2.29. The van der Waals surface area contributed by atoms with Crippen molar-refractivity contribution in [3.63, 3.8) is 0 Å². The van der Waals surface area contributed by atoms with Gasteiger partial charge in [-0.2, -0.15) is 10.1 Å². The predicted octanol–water partition coefficient (Wildman–Crippen LogP) is 2.94. The first-order valence-corrected chi connectivity index (χ1v) is 20.5. The zero-order valence-electron chi connectivity index (χ0n) is 34.5. The highest BCUT2D eigenvalue weighted by Gasteiger charge is 2.22. The molecule has 1 aliphatic heterocycles. The Morgan fingerprint density at radius 1 is 0.733 bits per heavy atom. The molecule has 0 unspecified atom stereocenters. The summed E-state index contributed by atoms with van der Waals surface area (Å²) in [5, 5.41) is 5.89. The number of hydrogen-bond acceptors (Lipinski definition) is 16. The van der Waals surface area contributed by atoms with Gasteiger partial charge < -0.3 is 58.7 Å². The van der Waals surface area contributed by atoms with Crippen molar-refractivity contribution < 1.29 is 47.1 Å². The van der Waals surface area contributed by atoms with Crippen molar-refractivity contribution >= 4 is 34.1 Å². The molecule has 18 heteroatoms. The highest BCUT2D eigenvalue weighted by atomic mass is 16.6. The van der Waals surface area contributed by atoms with Crippen LogP contribution in [0.15, 0.2) is 47.1 Å². The van der Waals surface area contributed by atoms with E-state index in [-0.39, 0.29) is 11.9 Å². The van der Waals surface area contributed by atoms with Crippen LogP contribution in [0.4, 0.5) is 6.01 Å². The van der Waals surface area contributed by atoms with E-state index in [1.54, 1.807) is 6.33 Å². The number of amides is 1. The van der Waals surface area contributed by atoms with Gasteiger partial charge >= 0.3 is 0 Å². The molecule has 60 heavy (non-hydrogen) atoms. The van der Waals surface area contributed by atoms with Gasteiger partial charge in [-0.25, -0.2) is 14.6 Å². The number of hydrogen-bond donors (Lipinski definition) is 2. The molecule has 4 heterocycles. The predicted molar refractivity (Wildman–Crippen MR) is 222 cm³/mol. The maximum absolute atomic E-state index is 13.0. The van der Waals surface area contributed by atoms with Gasteiger partial charge in [-0.1, -0.05) is 18.2 Å². The zero-order chi connectivity index (χ0) is 41.8.